The Morgan fingerprint density at radius 2 is 2.06 bits per heavy atom. The van der Waals surface area contributed by atoms with Gasteiger partial charge in [0.05, 0.1) is 0 Å². The van der Waals surface area contributed by atoms with Crippen LogP contribution in [0.5, 0.6) is 5.75 Å². The molecule has 0 saturated carbocycles. The number of ether oxygens (including phenoxy) is 1. The van der Waals surface area contributed by atoms with Crippen LogP contribution in [-0.2, 0) is 20.1 Å². The van der Waals surface area contributed by atoms with E-state index in [1.165, 1.54) is 34.4 Å². The van der Waals surface area contributed by atoms with Crippen LogP contribution in [0.2, 0.25) is 5.02 Å². The molecule has 2 bridgehead atoms. The first-order chi connectivity index (χ1) is 16.0. The number of hydrogen-bond acceptors (Lipinski definition) is 4. The second-order valence-electron chi connectivity index (χ2n) is 8.75. The Hall–Kier alpha value is -2.87. The molecule has 6 rings (SSSR count). The van der Waals surface area contributed by atoms with Crippen molar-refractivity contribution in [3.05, 3.63) is 86.7 Å². The molecule has 0 spiro atoms. The largest absolute Gasteiger partial charge is 0.489 e. The fourth-order valence-electron chi connectivity index (χ4n) is 5.12. The first-order valence-corrected chi connectivity index (χ1v) is 11.4. The summed E-state index contributed by atoms with van der Waals surface area (Å²) in [6.07, 6.45) is 5.00. The number of benzene rings is 1. The molecule has 2 atom stereocenters. The summed E-state index contributed by atoms with van der Waals surface area (Å²) in [5.41, 5.74) is 3.68. The number of hydrogen-bond donors (Lipinski definition) is 1. The van der Waals surface area contributed by atoms with E-state index >= 15 is 0 Å². The second kappa shape index (κ2) is 8.73. The predicted molar refractivity (Wildman–Crippen MR) is 132 cm³/mol. The first kappa shape index (κ1) is 22.9. The molecule has 5 heterocycles. The monoisotopic (exact) mass is 500 g/mol. The molecule has 1 saturated heterocycles. The molecular formula is C25H23Cl2FN4O2. The van der Waals surface area contributed by atoms with Gasteiger partial charge in [-0.25, -0.2) is 9.37 Å². The Labute approximate surface area is 206 Å². The number of fused-ring (bicyclic) bond motifs is 6. The van der Waals surface area contributed by atoms with E-state index in [1.807, 2.05) is 6.07 Å². The lowest BCUT2D eigenvalue weighted by atomic mass is 10.00. The van der Waals surface area contributed by atoms with Crippen molar-refractivity contribution in [2.45, 2.75) is 38.0 Å². The van der Waals surface area contributed by atoms with E-state index < -0.39 is 5.82 Å². The summed E-state index contributed by atoms with van der Waals surface area (Å²) in [4.78, 5) is 17.7. The minimum atomic E-state index is -0.443. The third-order valence-corrected chi connectivity index (χ3v) is 7.00. The molecule has 1 aromatic carbocycles. The molecule has 6 nitrogen and oxygen atoms in total. The highest BCUT2D eigenvalue weighted by Crippen LogP contribution is 2.41. The van der Waals surface area contributed by atoms with Crippen LogP contribution in [0.15, 0.2) is 53.5 Å². The van der Waals surface area contributed by atoms with Gasteiger partial charge in [0.15, 0.2) is 0 Å². The zero-order valence-electron chi connectivity index (χ0n) is 18.4. The zero-order chi connectivity index (χ0) is 22.7. The van der Waals surface area contributed by atoms with E-state index in [1.54, 1.807) is 24.4 Å². The van der Waals surface area contributed by atoms with E-state index in [0.717, 1.165) is 23.9 Å². The lowest BCUT2D eigenvalue weighted by Gasteiger charge is -2.22. The van der Waals surface area contributed by atoms with E-state index in [9.17, 15) is 9.18 Å². The third-order valence-electron chi connectivity index (χ3n) is 6.76. The van der Waals surface area contributed by atoms with Crippen molar-refractivity contribution in [2.75, 3.05) is 0 Å². The van der Waals surface area contributed by atoms with Crippen LogP contribution >= 0.6 is 24.0 Å². The highest BCUT2D eigenvalue weighted by atomic mass is 35.5. The molecule has 1 N–H and O–H groups in total. The number of nitrogens with zero attached hydrogens (tertiary/aromatic N) is 3. The SMILES string of the molecule is Cl.Cn1c2c(c3ccc(-n4ccc(OCc5ccc(Cl)cc5F)cc4=O)nc31)C1CCC(C2)N1. The number of rotatable bonds is 4. The Bertz CT molecular complexity index is 1470. The Morgan fingerprint density at radius 3 is 2.85 bits per heavy atom. The van der Waals surface area contributed by atoms with Gasteiger partial charge >= 0.3 is 0 Å². The van der Waals surface area contributed by atoms with Crippen molar-refractivity contribution >= 4 is 35.0 Å². The van der Waals surface area contributed by atoms with E-state index in [0.29, 0.717) is 34.2 Å². The van der Waals surface area contributed by atoms with Gasteiger partial charge in [-0.3, -0.25) is 9.36 Å². The van der Waals surface area contributed by atoms with Gasteiger partial charge in [0.1, 0.15) is 29.6 Å². The van der Waals surface area contributed by atoms with Gasteiger partial charge in [0, 0.05) is 59.5 Å². The molecule has 4 aromatic rings. The van der Waals surface area contributed by atoms with Crippen molar-refractivity contribution in [1.29, 1.82) is 0 Å². The molecular weight excluding hydrogens is 478 g/mol. The van der Waals surface area contributed by atoms with Crippen LogP contribution in [0.25, 0.3) is 16.9 Å². The van der Waals surface area contributed by atoms with Crippen molar-refractivity contribution in [3.8, 4) is 11.6 Å². The standard InChI is InChI=1S/C25H22ClFN4O2.ClH/c1-30-21-11-16-4-6-20(28-16)24(21)18-5-7-22(29-25(18)30)31-9-8-17(12-23(31)32)33-13-14-2-3-15(26)10-19(14)27;/h2-3,5,7-10,12,16,20,28H,4,6,11,13H2,1H3;1H. The summed E-state index contributed by atoms with van der Waals surface area (Å²) >= 11 is 5.79. The summed E-state index contributed by atoms with van der Waals surface area (Å²) in [6.45, 7) is 0.00175. The highest BCUT2D eigenvalue weighted by Gasteiger charge is 2.36. The minimum Gasteiger partial charge on any atom is -0.489 e. The lowest BCUT2D eigenvalue weighted by Crippen LogP contribution is -2.32. The first-order valence-electron chi connectivity index (χ1n) is 11.0. The highest BCUT2D eigenvalue weighted by molar-refractivity contribution is 6.30. The average Bonchev–Trinajstić information content (AvgIpc) is 3.31. The number of nitrogens with one attached hydrogen (secondary N) is 1. The van der Waals surface area contributed by atoms with Crippen molar-refractivity contribution in [2.24, 2.45) is 7.05 Å². The fourth-order valence-corrected chi connectivity index (χ4v) is 5.28. The van der Waals surface area contributed by atoms with Gasteiger partial charge in [-0.1, -0.05) is 17.7 Å². The van der Waals surface area contributed by atoms with Crippen LogP contribution in [0.3, 0.4) is 0 Å². The Kier molecular flexibility index (Phi) is 5.88. The van der Waals surface area contributed by atoms with Gasteiger partial charge in [0.25, 0.3) is 5.56 Å². The maximum Gasteiger partial charge on any atom is 0.259 e. The molecule has 0 aliphatic carbocycles. The molecule has 176 valence electrons. The van der Waals surface area contributed by atoms with E-state index in [2.05, 4.69) is 23.0 Å². The van der Waals surface area contributed by atoms with Crippen LogP contribution in [0, 0.1) is 5.82 Å². The Morgan fingerprint density at radius 1 is 1.21 bits per heavy atom. The van der Waals surface area contributed by atoms with Crippen LogP contribution in [0.4, 0.5) is 4.39 Å². The number of halogens is 3. The molecule has 0 amide bonds. The minimum absolute atomic E-state index is 0. The zero-order valence-corrected chi connectivity index (χ0v) is 20.0. The number of pyridine rings is 2. The molecule has 0 radical (unpaired) electrons. The quantitative estimate of drug-likeness (QED) is 0.434. The predicted octanol–water partition coefficient (Wildman–Crippen LogP) is 4.87. The van der Waals surface area contributed by atoms with Gasteiger partial charge in [-0.2, -0.15) is 0 Å². The molecule has 34 heavy (non-hydrogen) atoms. The average molecular weight is 501 g/mol. The maximum absolute atomic E-state index is 14.0. The fraction of sp³-hybridized carbons (Fsp3) is 0.280. The summed E-state index contributed by atoms with van der Waals surface area (Å²) in [5, 5.41) is 5.17. The van der Waals surface area contributed by atoms with Crippen molar-refractivity contribution in [3.63, 3.8) is 0 Å². The van der Waals surface area contributed by atoms with Crippen molar-refractivity contribution < 1.29 is 9.13 Å². The van der Waals surface area contributed by atoms with E-state index in [-0.39, 0.29) is 24.6 Å². The van der Waals surface area contributed by atoms with Gasteiger partial charge in [-0.15, -0.1) is 12.4 Å². The molecule has 2 aliphatic heterocycles. The molecule has 9 heteroatoms. The molecule has 1 fully saturated rings. The topological polar surface area (TPSA) is 61.1 Å². The molecule has 2 unspecified atom stereocenters. The van der Waals surface area contributed by atoms with Gasteiger partial charge in [-0.05, 0) is 48.7 Å². The number of aromatic nitrogens is 3. The lowest BCUT2D eigenvalue weighted by molar-refractivity contribution is 0.299. The maximum atomic E-state index is 14.0. The van der Waals surface area contributed by atoms with Crippen LogP contribution in [-0.4, -0.2) is 20.2 Å². The summed E-state index contributed by atoms with van der Waals surface area (Å²) in [5.74, 6) is 0.476. The van der Waals surface area contributed by atoms with Gasteiger partial charge in [0.2, 0.25) is 0 Å². The number of aryl methyl sites for hydroxylation is 1. The van der Waals surface area contributed by atoms with Crippen LogP contribution in [0.1, 0.15) is 35.7 Å². The van der Waals surface area contributed by atoms with E-state index in [4.69, 9.17) is 21.3 Å². The van der Waals surface area contributed by atoms with Gasteiger partial charge < -0.3 is 14.6 Å². The van der Waals surface area contributed by atoms with Crippen LogP contribution < -0.4 is 15.6 Å². The summed E-state index contributed by atoms with van der Waals surface area (Å²) < 4.78 is 23.3. The molecule has 3 aromatic heterocycles. The third kappa shape index (κ3) is 3.78. The smallest absolute Gasteiger partial charge is 0.259 e. The summed E-state index contributed by atoms with van der Waals surface area (Å²) in [7, 11) is 2.05. The van der Waals surface area contributed by atoms with Crippen molar-refractivity contribution in [1.82, 2.24) is 19.4 Å². The second-order valence-corrected chi connectivity index (χ2v) is 9.19. The summed E-state index contributed by atoms with van der Waals surface area (Å²) in [6, 6.07) is 12.4. The molecule has 2 aliphatic rings. The Balaban J connectivity index is 0.00000241. The normalized spacial score (nSPS) is 18.6.